The molecule has 0 saturated heterocycles. The van der Waals surface area contributed by atoms with Gasteiger partial charge < -0.3 is 19.7 Å². The minimum absolute atomic E-state index is 0.125. The quantitative estimate of drug-likeness (QED) is 0.938. The summed E-state index contributed by atoms with van der Waals surface area (Å²) < 4.78 is 10.6. The van der Waals surface area contributed by atoms with Crippen molar-refractivity contribution in [3.63, 3.8) is 0 Å². The highest BCUT2D eigenvalue weighted by Crippen LogP contribution is 2.32. The van der Waals surface area contributed by atoms with Crippen molar-refractivity contribution in [3.8, 4) is 11.5 Å². The number of amides is 2. The molecular weight excluding hydrogens is 308 g/mol. The van der Waals surface area contributed by atoms with Crippen molar-refractivity contribution in [1.82, 2.24) is 4.90 Å². The molecule has 0 bridgehead atoms. The Labute approximate surface area is 140 Å². The largest absolute Gasteiger partial charge is 0.454 e. The molecule has 24 heavy (non-hydrogen) atoms. The third-order valence-corrected chi connectivity index (χ3v) is 3.63. The Balaban J connectivity index is 1.71. The van der Waals surface area contributed by atoms with Crippen molar-refractivity contribution >= 4 is 17.5 Å². The maximum absolute atomic E-state index is 12.6. The van der Waals surface area contributed by atoms with Gasteiger partial charge in [0.2, 0.25) is 12.7 Å². The average Bonchev–Trinajstić information content (AvgIpc) is 3.01. The van der Waals surface area contributed by atoms with Crippen LogP contribution in [-0.2, 0) is 11.3 Å². The first-order valence-electron chi connectivity index (χ1n) is 7.54. The number of ether oxygens (including phenoxy) is 2. The fraction of sp³-hybridized carbons (Fsp3) is 0.222. The van der Waals surface area contributed by atoms with Crippen LogP contribution in [0.4, 0.5) is 5.69 Å². The molecule has 0 aromatic heterocycles. The zero-order chi connectivity index (χ0) is 17.1. The normalized spacial score (nSPS) is 11.9. The second-order valence-corrected chi connectivity index (χ2v) is 5.61. The first-order valence-corrected chi connectivity index (χ1v) is 7.54. The second kappa shape index (κ2) is 6.62. The maximum Gasteiger partial charge on any atom is 0.253 e. The van der Waals surface area contributed by atoms with Gasteiger partial charge in [-0.2, -0.15) is 0 Å². The van der Waals surface area contributed by atoms with Crippen LogP contribution in [0.1, 0.15) is 22.8 Å². The summed E-state index contributed by atoms with van der Waals surface area (Å²) in [5, 5.41) is 2.68. The van der Waals surface area contributed by atoms with Gasteiger partial charge in [0.1, 0.15) is 0 Å². The molecule has 124 valence electrons. The Morgan fingerprint density at radius 2 is 1.92 bits per heavy atom. The van der Waals surface area contributed by atoms with Crippen LogP contribution in [0.25, 0.3) is 0 Å². The fourth-order valence-corrected chi connectivity index (χ4v) is 2.54. The summed E-state index contributed by atoms with van der Waals surface area (Å²) in [5.41, 5.74) is 2.07. The molecule has 0 atom stereocenters. The Morgan fingerprint density at radius 3 is 2.71 bits per heavy atom. The number of carbonyl (C=O) groups is 2. The summed E-state index contributed by atoms with van der Waals surface area (Å²) in [6, 6.07) is 12.5. The molecule has 2 aromatic rings. The smallest absolute Gasteiger partial charge is 0.253 e. The number of anilines is 1. The van der Waals surface area contributed by atoms with E-state index in [4.69, 9.17) is 9.47 Å². The molecular formula is C18H18N2O4. The summed E-state index contributed by atoms with van der Waals surface area (Å²) in [4.78, 5) is 25.3. The van der Waals surface area contributed by atoms with Gasteiger partial charge in [-0.3, -0.25) is 9.59 Å². The van der Waals surface area contributed by atoms with E-state index in [1.54, 1.807) is 36.2 Å². The summed E-state index contributed by atoms with van der Waals surface area (Å²) in [7, 11) is 1.73. The van der Waals surface area contributed by atoms with Crippen LogP contribution in [0.5, 0.6) is 11.5 Å². The summed E-state index contributed by atoms with van der Waals surface area (Å²) in [6.07, 6.45) is 0. The van der Waals surface area contributed by atoms with Crippen molar-refractivity contribution in [1.29, 1.82) is 0 Å². The number of rotatable bonds is 4. The molecule has 0 radical (unpaired) electrons. The molecule has 0 aliphatic carbocycles. The molecule has 0 unspecified atom stereocenters. The van der Waals surface area contributed by atoms with Gasteiger partial charge in [0, 0.05) is 31.8 Å². The van der Waals surface area contributed by atoms with Crippen LogP contribution in [0.2, 0.25) is 0 Å². The lowest BCUT2D eigenvalue weighted by molar-refractivity contribution is -0.114. The number of carbonyl (C=O) groups excluding carboxylic acids is 2. The van der Waals surface area contributed by atoms with E-state index in [2.05, 4.69) is 5.32 Å². The average molecular weight is 326 g/mol. The molecule has 1 aliphatic rings. The highest BCUT2D eigenvalue weighted by Gasteiger charge is 2.16. The number of nitrogens with zero attached hydrogens (tertiary/aromatic N) is 1. The van der Waals surface area contributed by atoms with Crippen molar-refractivity contribution in [3.05, 3.63) is 53.6 Å². The number of hydrogen-bond acceptors (Lipinski definition) is 4. The Bertz CT molecular complexity index is 788. The molecule has 0 spiro atoms. The van der Waals surface area contributed by atoms with Crippen LogP contribution in [0, 0.1) is 0 Å². The Kier molecular flexibility index (Phi) is 4.37. The lowest BCUT2D eigenvalue weighted by Crippen LogP contribution is -2.26. The van der Waals surface area contributed by atoms with E-state index in [0.29, 0.717) is 23.5 Å². The molecule has 6 nitrogen and oxygen atoms in total. The van der Waals surface area contributed by atoms with Crippen LogP contribution in [-0.4, -0.2) is 30.6 Å². The highest BCUT2D eigenvalue weighted by molar-refractivity contribution is 5.96. The van der Waals surface area contributed by atoms with E-state index < -0.39 is 0 Å². The number of hydrogen-bond donors (Lipinski definition) is 1. The molecule has 1 heterocycles. The molecule has 0 fully saturated rings. The molecule has 2 aromatic carbocycles. The van der Waals surface area contributed by atoms with Gasteiger partial charge in [-0.1, -0.05) is 12.1 Å². The van der Waals surface area contributed by atoms with Gasteiger partial charge in [0.25, 0.3) is 5.91 Å². The lowest BCUT2D eigenvalue weighted by Gasteiger charge is -2.18. The third-order valence-electron chi connectivity index (χ3n) is 3.63. The van der Waals surface area contributed by atoms with Crippen LogP contribution >= 0.6 is 0 Å². The minimum Gasteiger partial charge on any atom is -0.454 e. The van der Waals surface area contributed by atoms with Crippen molar-refractivity contribution in [2.75, 3.05) is 19.2 Å². The first kappa shape index (κ1) is 15.9. The fourth-order valence-electron chi connectivity index (χ4n) is 2.54. The minimum atomic E-state index is -0.173. The maximum atomic E-state index is 12.6. The highest BCUT2D eigenvalue weighted by atomic mass is 16.7. The topological polar surface area (TPSA) is 67.9 Å². The van der Waals surface area contributed by atoms with Gasteiger partial charge in [-0.15, -0.1) is 0 Å². The Morgan fingerprint density at radius 1 is 1.12 bits per heavy atom. The van der Waals surface area contributed by atoms with E-state index in [-0.39, 0.29) is 18.6 Å². The lowest BCUT2D eigenvalue weighted by atomic mass is 10.1. The van der Waals surface area contributed by atoms with Crippen LogP contribution < -0.4 is 14.8 Å². The van der Waals surface area contributed by atoms with E-state index in [0.717, 1.165) is 11.3 Å². The van der Waals surface area contributed by atoms with Gasteiger partial charge >= 0.3 is 0 Å². The van der Waals surface area contributed by atoms with Crippen LogP contribution in [0.3, 0.4) is 0 Å². The van der Waals surface area contributed by atoms with Crippen LogP contribution in [0.15, 0.2) is 42.5 Å². The molecule has 1 aliphatic heterocycles. The van der Waals surface area contributed by atoms with E-state index in [1.807, 2.05) is 18.2 Å². The van der Waals surface area contributed by atoms with Gasteiger partial charge in [0.15, 0.2) is 11.5 Å². The SMILES string of the molecule is CC(=O)Nc1cccc(C(=O)N(C)Cc2ccc3c(c2)OCO3)c1. The molecule has 1 N–H and O–H groups in total. The van der Waals surface area contributed by atoms with E-state index >= 15 is 0 Å². The summed E-state index contributed by atoms with van der Waals surface area (Å²) >= 11 is 0. The van der Waals surface area contributed by atoms with Crippen molar-refractivity contribution < 1.29 is 19.1 Å². The number of benzene rings is 2. The standard InChI is InChI=1S/C18H18N2O4/c1-12(21)19-15-5-3-4-14(9-15)18(22)20(2)10-13-6-7-16-17(8-13)24-11-23-16/h3-9H,10-11H2,1-2H3,(H,19,21). The third kappa shape index (κ3) is 3.48. The zero-order valence-electron chi connectivity index (χ0n) is 13.5. The monoisotopic (exact) mass is 326 g/mol. The van der Waals surface area contributed by atoms with Crippen molar-refractivity contribution in [2.24, 2.45) is 0 Å². The van der Waals surface area contributed by atoms with E-state index in [9.17, 15) is 9.59 Å². The molecule has 3 rings (SSSR count). The zero-order valence-corrected chi connectivity index (χ0v) is 13.5. The van der Waals surface area contributed by atoms with Gasteiger partial charge in [-0.05, 0) is 35.9 Å². The predicted octanol–water partition coefficient (Wildman–Crippen LogP) is 2.65. The van der Waals surface area contributed by atoms with Gasteiger partial charge in [0.05, 0.1) is 0 Å². The second-order valence-electron chi connectivity index (χ2n) is 5.61. The summed E-state index contributed by atoms with van der Waals surface area (Å²) in [6.45, 7) is 2.10. The van der Waals surface area contributed by atoms with Gasteiger partial charge in [-0.25, -0.2) is 0 Å². The Hall–Kier alpha value is -3.02. The van der Waals surface area contributed by atoms with E-state index in [1.165, 1.54) is 6.92 Å². The summed E-state index contributed by atoms with van der Waals surface area (Å²) in [5.74, 6) is 1.12. The van der Waals surface area contributed by atoms with Crippen molar-refractivity contribution in [2.45, 2.75) is 13.5 Å². The molecule has 0 saturated carbocycles. The first-order chi connectivity index (χ1) is 11.5. The number of fused-ring (bicyclic) bond motifs is 1. The predicted molar refractivity (Wildman–Crippen MR) is 89.1 cm³/mol. The molecule has 6 heteroatoms. The number of nitrogens with one attached hydrogen (secondary N) is 1. The molecule has 2 amide bonds.